The summed E-state index contributed by atoms with van der Waals surface area (Å²) < 4.78 is 6.90. The van der Waals surface area contributed by atoms with Crippen molar-refractivity contribution in [1.82, 2.24) is 15.3 Å². The maximum atomic E-state index is 12.6. The summed E-state index contributed by atoms with van der Waals surface area (Å²) in [4.78, 5) is 21.3. The Hall–Kier alpha value is -2.46. The van der Waals surface area contributed by atoms with Crippen LogP contribution in [0.4, 0.5) is 5.13 Å². The first-order chi connectivity index (χ1) is 17.0. The Balaban J connectivity index is 1.50. The first-order valence-corrected chi connectivity index (χ1v) is 13.6. The van der Waals surface area contributed by atoms with E-state index in [4.69, 9.17) is 4.42 Å². The molecule has 0 saturated heterocycles. The Morgan fingerprint density at radius 3 is 2.47 bits per heavy atom. The molecule has 0 aliphatic heterocycles. The molecule has 36 heavy (non-hydrogen) atoms. The number of aliphatic hydroxyl groups is 1. The maximum absolute atomic E-state index is 12.6. The average molecular weight is 529 g/mol. The van der Waals surface area contributed by atoms with Gasteiger partial charge in [-0.05, 0) is 11.1 Å². The van der Waals surface area contributed by atoms with Gasteiger partial charge in [0.2, 0.25) is 11.8 Å². The van der Waals surface area contributed by atoms with E-state index in [2.05, 4.69) is 48.0 Å². The molecule has 3 rings (SSSR count). The van der Waals surface area contributed by atoms with Gasteiger partial charge in [0.15, 0.2) is 5.13 Å². The second kappa shape index (κ2) is 12.2. The molecule has 2 heterocycles. The Morgan fingerprint density at radius 1 is 1.17 bits per heavy atom. The van der Waals surface area contributed by atoms with E-state index in [1.807, 2.05) is 38.1 Å². The minimum Gasteiger partial charge on any atom is -0.444 e. The molecule has 0 saturated carbocycles. The van der Waals surface area contributed by atoms with Crippen LogP contribution < -0.4 is 10.6 Å². The molecule has 0 fully saturated rings. The molecular formula is C27H36N4O3S2. The zero-order valence-electron chi connectivity index (χ0n) is 21.6. The van der Waals surface area contributed by atoms with E-state index in [0.29, 0.717) is 17.6 Å². The Bertz CT molecular complexity index is 1150. The Labute approximate surface area is 221 Å². The summed E-state index contributed by atoms with van der Waals surface area (Å²) >= 11 is 2.95. The minimum absolute atomic E-state index is 0.112. The van der Waals surface area contributed by atoms with Crippen LogP contribution >= 0.6 is 23.1 Å². The lowest BCUT2D eigenvalue weighted by Crippen LogP contribution is -2.31. The predicted molar refractivity (Wildman–Crippen MR) is 147 cm³/mol. The lowest BCUT2D eigenvalue weighted by molar-refractivity contribution is -0.115. The van der Waals surface area contributed by atoms with Crippen molar-refractivity contribution in [2.75, 3.05) is 18.5 Å². The topological polar surface area (TPSA) is 100 Å². The van der Waals surface area contributed by atoms with Crippen LogP contribution in [0.5, 0.6) is 0 Å². The monoisotopic (exact) mass is 528 g/mol. The van der Waals surface area contributed by atoms with Gasteiger partial charge in [-0.25, -0.2) is 9.97 Å². The number of benzene rings is 1. The highest BCUT2D eigenvalue weighted by Crippen LogP contribution is 2.40. The summed E-state index contributed by atoms with van der Waals surface area (Å²) in [6.07, 6.45) is 5.59. The highest BCUT2D eigenvalue weighted by atomic mass is 32.2. The number of oxazole rings is 1. The van der Waals surface area contributed by atoms with Crippen LogP contribution in [0.25, 0.3) is 0 Å². The van der Waals surface area contributed by atoms with Crippen molar-refractivity contribution in [3.05, 3.63) is 72.1 Å². The van der Waals surface area contributed by atoms with Gasteiger partial charge in [-0.3, -0.25) is 4.79 Å². The number of aliphatic hydroxyl groups excluding tert-OH is 1. The highest BCUT2D eigenvalue weighted by Gasteiger charge is 2.23. The van der Waals surface area contributed by atoms with Crippen LogP contribution in [-0.2, 0) is 23.2 Å². The number of aromatic nitrogens is 2. The van der Waals surface area contributed by atoms with E-state index in [1.165, 1.54) is 23.1 Å². The van der Waals surface area contributed by atoms with Gasteiger partial charge in [0, 0.05) is 30.5 Å². The van der Waals surface area contributed by atoms with Crippen LogP contribution in [0, 0.1) is 5.41 Å². The second-order valence-electron chi connectivity index (χ2n) is 10.5. The maximum Gasteiger partial charge on any atom is 0.230 e. The molecule has 194 valence electrons. The number of hydrogen-bond acceptors (Lipinski definition) is 8. The van der Waals surface area contributed by atoms with Gasteiger partial charge < -0.3 is 20.2 Å². The van der Waals surface area contributed by atoms with E-state index < -0.39 is 0 Å². The SMILES string of the molecule is C=CC(Sc1cnc(NC(=O)Cc2ccc(CNCC(C)(C)CO)cc2)s1)c1ncc(C(C)(C)C)o1. The molecule has 1 aromatic carbocycles. The van der Waals surface area contributed by atoms with E-state index in [9.17, 15) is 9.90 Å². The zero-order chi connectivity index (χ0) is 26.3. The average Bonchev–Trinajstić information content (AvgIpc) is 3.48. The predicted octanol–water partition coefficient (Wildman–Crippen LogP) is 5.74. The smallest absolute Gasteiger partial charge is 0.230 e. The van der Waals surface area contributed by atoms with Crippen LogP contribution in [0.2, 0.25) is 0 Å². The van der Waals surface area contributed by atoms with Gasteiger partial charge in [-0.2, -0.15) is 0 Å². The standard InChI is InChI=1S/C27H36N4O3S2/c1-7-20(24-29-14-21(34-24)26(2,3)4)35-23-15-30-25(36-23)31-22(33)12-18-8-10-19(11-9-18)13-28-16-27(5,6)17-32/h7-11,14-15,20,28,32H,1,12-13,16-17H2,2-6H3,(H,30,31,33). The molecular weight excluding hydrogens is 492 g/mol. The zero-order valence-corrected chi connectivity index (χ0v) is 23.3. The molecule has 0 bridgehead atoms. The van der Waals surface area contributed by atoms with Crippen molar-refractivity contribution in [1.29, 1.82) is 0 Å². The number of carbonyl (C=O) groups excluding carboxylic acids is 1. The van der Waals surface area contributed by atoms with Crippen LogP contribution in [-0.4, -0.2) is 34.1 Å². The molecule has 3 aromatic rings. The Kier molecular flexibility index (Phi) is 9.52. The van der Waals surface area contributed by atoms with Crippen LogP contribution in [0.15, 0.2) is 57.9 Å². The quantitative estimate of drug-likeness (QED) is 0.204. The summed E-state index contributed by atoms with van der Waals surface area (Å²) in [5.41, 5.74) is 1.80. The number of amides is 1. The van der Waals surface area contributed by atoms with Gasteiger partial charge in [-0.1, -0.05) is 88.1 Å². The first-order valence-electron chi connectivity index (χ1n) is 11.9. The number of thiazole rings is 1. The lowest BCUT2D eigenvalue weighted by Gasteiger charge is -2.21. The summed E-state index contributed by atoms with van der Waals surface area (Å²) in [6.45, 7) is 15.8. The molecule has 0 radical (unpaired) electrons. The molecule has 0 aliphatic carbocycles. The van der Waals surface area contributed by atoms with Crippen LogP contribution in [0.1, 0.15) is 62.6 Å². The number of nitrogens with one attached hydrogen (secondary N) is 2. The van der Waals surface area contributed by atoms with Crippen molar-refractivity contribution in [3.63, 3.8) is 0 Å². The molecule has 1 atom stereocenters. The minimum atomic E-state index is -0.149. The van der Waals surface area contributed by atoms with Crippen molar-refractivity contribution >= 4 is 34.1 Å². The van der Waals surface area contributed by atoms with Crippen LogP contribution in [0.3, 0.4) is 0 Å². The number of hydrogen-bond donors (Lipinski definition) is 3. The summed E-state index contributed by atoms with van der Waals surface area (Å²) in [5, 5.41) is 16.0. The van der Waals surface area contributed by atoms with Crippen molar-refractivity contribution in [2.45, 2.75) is 62.5 Å². The fraction of sp³-hybridized carbons (Fsp3) is 0.444. The Morgan fingerprint density at radius 2 is 1.86 bits per heavy atom. The van der Waals surface area contributed by atoms with Crippen molar-refractivity contribution < 1.29 is 14.3 Å². The lowest BCUT2D eigenvalue weighted by atomic mass is 9.94. The first kappa shape index (κ1) is 28.1. The number of carbonyl (C=O) groups is 1. The fourth-order valence-electron chi connectivity index (χ4n) is 3.19. The molecule has 1 amide bonds. The van der Waals surface area contributed by atoms with E-state index >= 15 is 0 Å². The molecule has 0 aliphatic rings. The molecule has 9 heteroatoms. The summed E-state index contributed by atoms with van der Waals surface area (Å²) in [6, 6.07) is 7.97. The molecule has 1 unspecified atom stereocenters. The van der Waals surface area contributed by atoms with Crippen molar-refractivity contribution in [3.8, 4) is 0 Å². The summed E-state index contributed by atoms with van der Waals surface area (Å²) in [5.74, 6) is 1.33. The third-order valence-corrected chi connectivity index (χ3v) is 7.67. The molecule has 0 spiro atoms. The van der Waals surface area contributed by atoms with Gasteiger partial charge in [0.1, 0.15) is 11.0 Å². The second-order valence-corrected chi connectivity index (χ2v) is 13.0. The van der Waals surface area contributed by atoms with E-state index in [1.54, 1.807) is 18.5 Å². The third-order valence-electron chi connectivity index (χ3n) is 5.44. The number of anilines is 1. The van der Waals surface area contributed by atoms with Gasteiger partial charge >= 0.3 is 0 Å². The highest BCUT2D eigenvalue weighted by molar-refractivity contribution is 8.01. The summed E-state index contributed by atoms with van der Waals surface area (Å²) in [7, 11) is 0. The number of rotatable bonds is 12. The normalized spacial score (nSPS) is 12.9. The molecule has 3 N–H and O–H groups in total. The third kappa shape index (κ3) is 8.30. The number of nitrogens with zero attached hydrogens (tertiary/aromatic N) is 2. The van der Waals surface area contributed by atoms with Gasteiger partial charge in [0.05, 0.1) is 23.0 Å². The van der Waals surface area contributed by atoms with E-state index in [0.717, 1.165) is 27.6 Å². The van der Waals surface area contributed by atoms with Crippen molar-refractivity contribution in [2.24, 2.45) is 5.41 Å². The van der Waals surface area contributed by atoms with Gasteiger partial charge in [0.25, 0.3) is 0 Å². The largest absolute Gasteiger partial charge is 0.444 e. The molecule has 7 nitrogen and oxygen atoms in total. The van der Waals surface area contributed by atoms with E-state index in [-0.39, 0.29) is 35.0 Å². The fourth-order valence-corrected chi connectivity index (χ4v) is 5.16. The molecule has 2 aromatic heterocycles. The number of thioether (sulfide) groups is 1. The van der Waals surface area contributed by atoms with Gasteiger partial charge in [-0.15, -0.1) is 6.58 Å².